The Morgan fingerprint density at radius 3 is 2.24 bits per heavy atom. The molecule has 1 aliphatic carbocycles. The largest absolute Gasteiger partial charge is 0.396 e. The van der Waals surface area contributed by atoms with E-state index in [1.165, 1.54) is 0 Å². The first kappa shape index (κ1) is 16.3. The summed E-state index contributed by atoms with van der Waals surface area (Å²) in [5.41, 5.74) is 0. The second kappa shape index (κ2) is 6.81. The Bertz CT molecular complexity index is 572. The van der Waals surface area contributed by atoms with Crippen molar-refractivity contribution in [3.05, 3.63) is 29.8 Å². The first-order valence-corrected chi connectivity index (χ1v) is 8.47. The molecule has 0 aromatic heterocycles. The van der Waals surface area contributed by atoms with Gasteiger partial charge in [-0.2, -0.15) is 0 Å². The lowest BCUT2D eigenvalue weighted by Crippen LogP contribution is -2.35. The molecule has 2 atom stereocenters. The van der Waals surface area contributed by atoms with E-state index in [0.717, 1.165) is 37.8 Å². The fourth-order valence-corrected chi connectivity index (χ4v) is 3.91. The molecule has 21 heavy (non-hydrogen) atoms. The van der Waals surface area contributed by atoms with Gasteiger partial charge in [-0.15, -0.1) is 0 Å². The van der Waals surface area contributed by atoms with Crippen molar-refractivity contribution < 1.29 is 22.3 Å². The summed E-state index contributed by atoms with van der Waals surface area (Å²) >= 11 is 0. The second-order valence-electron chi connectivity index (χ2n) is 5.44. The smallest absolute Gasteiger partial charge is 0.240 e. The van der Waals surface area contributed by atoms with E-state index in [-0.39, 0.29) is 25.0 Å². The number of hydrogen-bond acceptors (Lipinski definition) is 3. The van der Waals surface area contributed by atoms with Gasteiger partial charge in [-0.05, 0) is 36.8 Å². The number of benzene rings is 1. The molecule has 1 aromatic carbocycles. The zero-order valence-corrected chi connectivity index (χ0v) is 12.4. The van der Waals surface area contributed by atoms with Gasteiger partial charge in [0.05, 0.1) is 4.90 Å². The lowest BCUT2D eigenvalue weighted by atomic mass is 9.80. The van der Waals surface area contributed by atoms with Gasteiger partial charge in [0.15, 0.2) is 0 Å². The van der Waals surface area contributed by atoms with Crippen LogP contribution in [-0.4, -0.2) is 26.7 Å². The molecule has 0 aliphatic heterocycles. The van der Waals surface area contributed by atoms with Crippen LogP contribution < -0.4 is 4.72 Å². The van der Waals surface area contributed by atoms with Crippen LogP contribution in [0.3, 0.4) is 0 Å². The van der Waals surface area contributed by atoms with Gasteiger partial charge in [0, 0.05) is 19.2 Å². The Labute approximate surface area is 123 Å². The Morgan fingerprint density at radius 1 is 1.10 bits per heavy atom. The molecule has 2 rings (SSSR count). The summed E-state index contributed by atoms with van der Waals surface area (Å²) in [6, 6.07) is 2.20. The third-order valence-electron chi connectivity index (χ3n) is 3.98. The minimum absolute atomic E-state index is 0.0288. The zero-order chi connectivity index (χ0) is 15.5. The number of aliphatic hydroxyl groups is 1. The maximum atomic E-state index is 13.1. The quantitative estimate of drug-likeness (QED) is 0.873. The predicted molar refractivity (Wildman–Crippen MR) is 74.1 cm³/mol. The summed E-state index contributed by atoms with van der Waals surface area (Å²) in [4.78, 5) is -0.420. The Morgan fingerprint density at radius 2 is 1.67 bits per heavy atom. The van der Waals surface area contributed by atoms with Crippen LogP contribution in [-0.2, 0) is 10.0 Å². The monoisotopic (exact) mass is 319 g/mol. The highest BCUT2D eigenvalue weighted by molar-refractivity contribution is 7.89. The summed E-state index contributed by atoms with van der Waals surface area (Å²) in [5, 5.41) is 9.30. The lowest BCUT2D eigenvalue weighted by molar-refractivity contribution is 0.136. The summed E-state index contributed by atoms with van der Waals surface area (Å²) < 4.78 is 52.7. The first-order valence-electron chi connectivity index (χ1n) is 6.99. The van der Waals surface area contributed by atoms with E-state index in [0.29, 0.717) is 6.07 Å². The molecule has 0 heterocycles. The van der Waals surface area contributed by atoms with Crippen molar-refractivity contribution >= 4 is 10.0 Å². The van der Waals surface area contributed by atoms with E-state index in [9.17, 15) is 22.3 Å². The highest BCUT2D eigenvalue weighted by Gasteiger charge is 2.26. The van der Waals surface area contributed by atoms with Crippen molar-refractivity contribution in [1.29, 1.82) is 0 Å². The molecule has 7 heteroatoms. The molecule has 1 fully saturated rings. The van der Waals surface area contributed by atoms with E-state index in [1.807, 2.05) is 0 Å². The topological polar surface area (TPSA) is 66.4 Å². The molecule has 0 saturated heterocycles. The maximum absolute atomic E-state index is 13.1. The van der Waals surface area contributed by atoms with Gasteiger partial charge in [-0.1, -0.05) is 12.8 Å². The lowest BCUT2D eigenvalue weighted by Gasteiger charge is -2.30. The molecular weight excluding hydrogens is 300 g/mol. The van der Waals surface area contributed by atoms with Crippen LogP contribution in [0.15, 0.2) is 23.1 Å². The number of sulfonamides is 1. The summed E-state index contributed by atoms with van der Waals surface area (Å²) in [5.74, 6) is -1.73. The average Bonchev–Trinajstić information content (AvgIpc) is 2.44. The van der Waals surface area contributed by atoms with Crippen molar-refractivity contribution in [2.45, 2.75) is 30.6 Å². The van der Waals surface area contributed by atoms with Gasteiger partial charge in [0.25, 0.3) is 0 Å². The fourth-order valence-electron chi connectivity index (χ4n) is 2.78. The van der Waals surface area contributed by atoms with E-state index in [1.54, 1.807) is 0 Å². The summed E-state index contributed by atoms with van der Waals surface area (Å²) in [6.45, 7) is 0.201. The van der Waals surface area contributed by atoms with Gasteiger partial charge in [-0.3, -0.25) is 0 Å². The van der Waals surface area contributed by atoms with Crippen LogP contribution >= 0.6 is 0 Å². The van der Waals surface area contributed by atoms with Crippen molar-refractivity contribution in [2.75, 3.05) is 13.2 Å². The van der Waals surface area contributed by atoms with Crippen LogP contribution in [0.4, 0.5) is 8.78 Å². The molecule has 4 nitrogen and oxygen atoms in total. The van der Waals surface area contributed by atoms with Crippen molar-refractivity contribution in [3.8, 4) is 0 Å². The summed E-state index contributed by atoms with van der Waals surface area (Å²) in [6.07, 6.45) is 3.74. The van der Waals surface area contributed by atoms with Crippen LogP contribution in [0.25, 0.3) is 0 Å². The van der Waals surface area contributed by atoms with Gasteiger partial charge in [0.1, 0.15) is 11.6 Å². The van der Waals surface area contributed by atoms with Crippen LogP contribution in [0.1, 0.15) is 25.7 Å². The summed E-state index contributed by atoms with van der Waals surface area (Å²) in [7, 11) is -3.95. The molecule has 0 bridgehead atoms. The van der Waals surface area contributed by atoms with Crippen LogP contribution in [0.2, 0.25) is 0 Å². The normalized spacial score (nSPS) is 23.2. The predicted octanol–water partition coefficient (Wildman–Crippen LogP) is 2.04. The van der Waals surface area contributed by atoms with E-state index in [4.69, 9.17) is 0 Å². The van der Waals surface area contributed by atoms with Gasteiger partial charge in [0.2, 0.25) is 10.0 Å². The molecular formula is C14H19F2NO3S. The number of hydrogen-bond donors (Lipinski definition) is 2. The van der Waals surface area contributed by atoms with Crippen molar-refractivity contribution in [2.24, 2.45) is 11.8 Å². The molecule has 0 radical (unpaired) electrons. The fraction of sp³-hybridized carbons (Fsp3) is 0.571. The number of rotatable bonds is 5. The van der Waals surface area contributed by atoms with Gasteiger partial charge >= 0.3 is 0 Å². The highest BCUT2D eigenvalue weighted by Crippen LogP contribution is 2.29. The van der Waals surface area contributed by atoms with Crippen molar-refractivity contribution in [3.63, 3.8) is 0 Å². The van der Waals surface area contributed by atoms with Gasteiger partial charge < -0.3 is 5.11 Å². The third-order valence-corrected chi connectivity index (χ3v) is 5.39. The minimum atomic E-state index is -3.95. The Hall–Kier alpha value is -1.05. The Kier molecular flexibility index (Phi) is 5.29. The third kappa shape index (κ3) is 4.21. The molecule has 2 N–H and O–H groups in total. The maximum Gasteiger partial charge on any atom is 0.240 e. The van der Waals surface area contributed by atoms with Crippen LogP contribution in [0, 0.1) is 23.5 Å². The van der Waals surface area contributed by atoms with E-state index >= 15 is 0 Å². The highest BCUT2D eigenvalue weighted by atomic mass is 32.2. The number of nitrogens with one attached hydrogen (secondary N) is 1. The molecule has 1 aromatic rings. The molecule has 1 aliphatic rings. The second-order valence-corrected chi connectivity index (χ2v) is 7.21. The van der Waals surface area contributed by atoms with Gasteiger partial charge in [-0.25, -0.2) is 21.9 Å². The van der Waals surface area contributed by atoms with E-state index < -0.39 is 26.6 Å². The molecule has 0 spiro atoms. The Balaban J connectivity index is 2.07. The molecule has 118 valence electrons. The first-order chi connectivity index (χ1) is 9.92. The zero-order valence-electron chi connectivity index (χ0n) is 11.6. The average molecular weight is 319 g/mol. The van der Waals surface area contributed by atoms with Crippen LogP contribution in [0.5, 0.6) is 0 Å². The number of aliphatic hydroxyl groups excluding tert-OH is 1. The number of halogens is 2. The van der Waals surface area contributed by atoms with Crippen molar-refractivity contribution in [1.82, 2.24) is 4.72 Å². The minimum Gasteiger partial charge on any atom is -0.396 e. The molecule has 1 saturated carbocycles. The SMILES string of the molecule is O=S(=O)(NCC1CCCCC1CO)c1cc(F)cc(F)c1. The molecule has 0 amide bonds. The molecule has 2 unspecified atom stereocenters. The standard InChI is InChI=1S/C14H19F2NO3S/c15-12-5-13(16)7-14(6-12)21(19,20)17-8-10-3-1-2-4-11(10)9-18/h5-7,10-11,17-18H,1-4,8-9H2. The van der Waals surface area contributed by atoms with E-state index in [2.05, 4.69) is 4.72 Å².